The number of nitro groups is 1. The first-order valence-corrected chi connectivity index (χ1v) is 4.64. The Labute approximate surface area is 93.8 Å². The summed E-state index contributed by atoms with van der Waals surface area (Å²) >= 11 is 0. The Balaban J connectivity index is 2.92. The van der Waals surface area contributed by atoms with Crippen LogP contribution in [0.3, 0.4) is 0 Å². The van der Waals surface area contributed by atoms with Gasteiger partial charge in [-0.2, -0.15) is 0 Å². The predicted octanol–water partition coefficient (Wildman–Crippen LogP) is 3.26. The maximum atomic E-state index is 10.6. The summed E-state index contributed by atoms with van der Waals surface area (Å²) in [5.41, 5.74) is 1.42. The topological polar surface area (TPSA) is 55.2 Å². The quantitative estimate of drug-likeness (QED) is 0.467. The van der Waals surface area contributed by atoms with Crippen molar-refractivity contribution in [3.63, 3.8) is 0 Å². The predicted molar refractivity (Wildman–Crippen MR) is 65.2 cm³/mol. The number of allylic oxidation sites excluding steroid dienone is 3. The van der Waals surface area contributed by atoms with Crippen molar-refractivity contribution in [3.05, 3.63) is 71.5 Å². The third kappa shape index (κ3) is 3.09. The Morgan fingerprint density at radius 2 is 2.19 bits per heavy atom. The molecule has 0 saturated heterocycles. The molecule has 4 nitrogen and oxygen atoms in total. The van der Waals surface area contributed by atoms with Gasteiger partial charge in [-0.15, -0.1) is 0 Å². The molecule has 0 aliphatic heterocycles. The SMILES string of the molecule is C=C/C=C(\C=C)Nc1cccc([N+](=O)[O-])c1. The van der Waals surface area contributed by atoms with E-state index in [-0.39, 0.29) is 5.69 Å². The minimum absolute atomic E-state index is 0.0482. The smallest absolute Gasteiger partial charge is 0.271 e. The van der Waals surface area contributed by atoms with Crippen molar-refractivity contribution in [2.45, 2.75) is 0 Å². The Bertz CT molecular complexity index is 450. The number of nitrogens with one attached hydrogen (secondary N) is 1. The lowest BCUT2D eigenvalue weighted by atomic mass is 10.2. The van der Waals surface area contributed by atoms with Crippen LogP contribution >= 0.6 is 0 Å². The van der Waals surface area contributed by atoms with Crippen molar-refractivity contribution in [1.29, 1.82) is 0 Å². The highest BCUT2D eigenvalue weighted by atomic mass is 16.6. The van der Waals surface area contributed by atoms with Gasteiger partial charge in [0.1, 0.15) is 0 Å². The lowest BCUT2D eigenvalue weighted by Crippen LogP contribution is -1.97. The lowest BCUT2D eigenvalue weighted by molar-refractivity contribution is -0.384. The number of benzene rings is 1. The van der Waals surface area contributed by atoms with E-state index in [2.05, 4.69) is 18.5 Å². The normalized spacial score (nSPS) is 10.6. The molecule has 0 unspecified atom stereocenters. The summed E-state index contributed by atoms with van der Waals surface area (Å²) in [6, 6.07) is 6.26. The Kier molecular flexibility index (Phi) is 4.03. The summed E-state index contributed by atoms with van der Waals surface area (Å²) in [5.74, 6) is 0. The van der Waals surface area contributed by atoms with Crippen molar-refractivity contribution >= 4 is 11.4 Å². The number of hydrogen-bond donors (Lipinski definition) is 1. The highest BCUT2D eigenvalue weighted by Gasteiger charge is 2.05. The Hall–Kier alpha value is -2.36. The first-order chi connectivity index (χ1) is 7.67. The molecule has 0 heterocycles. The summed E-state index contributed by atoms with van der Waals surface area (Å²) in [7, 11) is 0. The second-order valence-corrected chi connectivity index (χ2v) is 2.99. The molecule has 0 amide bonds. The van der Waals surface area contributed by atoms with Gasteiger partial charge >= 0.3 is 0 Å². The third-order valence-electron chi connectivity index (χ3n) is 1.86. The van der Waals surface area contributed by atoms with Crippen molar-refractivity contribution in [2.24, 2.45) is 0 Å². The fourth-order valence-corrected chi connectivity index (χ4v) is 1.15. The molecule has 4 heteroatoms. The second kappa shape index (κ2) is 5.50. The van der Waals surface area contributed by atoms with Gasteiger partial charge in [-0.3, -0.25) is 10.1 Å². The molecule has 0 aliphatic rings. The van der Waals surface area contributed by atoms with Gasteiger partial charge in [0.25, 0.3) is 5.69 Å². The highest BCUT2D eigenvalue weighted by molar-refractivity contribution is 5.56. The van der Waals surface area contributed by atoms with Crippen LogP contribution in [-0.4, -0.2) is 4.92 Å². The summed E-state index contributed by atoms with van der Waals surface area (Å²) in [6.45, 7) is 7.18. The van der Waals surface area contributed by atoms with Crippen molar-refractivity contribution in [3.8, 4) is 0 Å². The number of nitro benzene ring substituents is 1. The van der Waals surface area contributed by atoms with Crippen LogP contribution in [0.5, 0.6) is 0 Å². The van der Waals surface area contributed by atoms with E-state index >= 15 is 0 Å². The number of hydrogen-bond acceptors (Lipinski definition) is 3. The van der Waals surface area contributed by atoms with Crippen molar-refractivity contribution in [1.82, 2.24) is 0 Å². The van der Waals surface area contributed by atoms with E-state index < -0.39 is 4.92 Å². The lowest BCUT2D eigenvalue weighted by Gasteiger charge is -2.05. The van der Waals surface area contributed by atoms with Crippen LogP contribution in [-0.2, 0) is 0 Å². The summed E-state index contributed by atoms with van der Waals surface area (Å²) in [5, 5.41) is 13.6. The summed E-state index contributed by atoms with van der Waals surface area (Å²) < 4.78 is 0. The molecule has 1 aromatic carbocycles. The zero-order valence-corrected chi connectivity index (χ0v) is 8.72. The number of nitrogens with zero attached hydrogens (tertiary/aromatic N) is 1. The van der Waals surface area contributed by atoms with Crippen LogP contribution in [0, 0.1) is 10.1 Å². The molecule has 0 aliphatic carbocycles. The van der Waals surface area contributed by atoms with E-state index in [0.717, 1.165) is 5.70 Å². The maximum Gasteiger partial charge on any atom is 0.271 e. The zero-order chi connectivity index (χ0) is 12.0. The average molecular weight is 216 g/mol. The molecule has 82 valence electrons. The molecule has 0 spiro atoms. The van der Waals surface area contributed by atoms with Crippen LogP contribution in [0.1, 0.15) is 0 Å². The van der Waals surface area contributed by atoms with Gasteiger partial charge < -0.3 is 5.32 Å². The number of non-ortho nitro benzene ring substituents is 1. The standard InChI is InChI=1S/C12H12N2O2/c1-3-6-10(4-2)13-11-7-5-8-12(9-11)14(15)16/h3-9,13H,1-2H2/b10-6+. The largest absolute Gasteiger partial charge is 0.355 e. The third-order valence-corrected chi connectivity index (χ3v) is 1.86. The molecular weight excluding hydrogens is 204 g/mol. The maximum absolute atomic E-state index is 10.6. The monoisotopic (exact) mass is 216 g/mol. The summed E-state index contributed by atoms with van der Waals surface area (Å²) in [4.78, 5) is 10.1. The van der Waals surface area contributed by atoms with Gasteiger partial charge in [-0.25, -0.2) is 0 Å². The second-order valence-electron chi connectivity index (χ2n) is 2.99. The molecule has 0 aromatic heterocycles. The highest BCUT2D eigenvalue weighted by Crippen LogP contribution is 2.18. The molecular formula is C12H12N2O2. The minimum atomic E-state index is -0.435. The van der Waals surface area contributed by atoms with Crippen LogP contribution < -0.4 is 5.32 Å². The summed E-state index contributed by atoms with van der Waals surface area (Å²) in [6.07, 6.45) is 4.95. The molecule has 0 bridgehead atoms. The first-order valence-electron chi connectivity index (χ1n) is 4.64. The van der Waals surface area contributed by atoms with Crippen molar-refractivity contribution in [2.75, 3.05) is 5.32 Å². The van der Waals surface area contributed by atoms with Crippen LogP contribution in [0.15, 0.2) is 61.3 Å². The molecule has 0 fully saturated rings. The van der Waals surface area contributed by atoms with E-state index in [1.165, 1.54) is 12.1 Å². The van der Waals surface area contributed by atoms with Gasteiger partial charge in [-0.05, 0) is 18.2 Å². The van der Waals surface area contributed by atoms with Crippen LogP contribution in [0.4, 0.5) is 11.4 Å². The molecule has 0 radical (unpaired) electrons. The molecule has 1 rings (SSSR count). The average Bonchev–Trinajstić information content (AvgIpc) is 2.29. The van der Waals surface area contributed by atoms with E-state index in [1.54, 1.807) is 30.4 Å². The minimum Gasteiger partial charge on any atom is -0.355 e. The van der Waals surface area contributed by atoms with E-state index in [1.807, 2.05) is 0 Å². The number of anilines is 1. The van der Waals surface area contributed by atoms with E-state index in [4.69, 9.17) is 0 Å². The van der Waals surface area contributed by atoms with Gasteiger partial charge in [-0.1, -0.05) is 25.3 Å². The zero-order valence-electron chi connectivity index (χ0n) is 8.72. The number of rotatable bonds is 5. The molecule has 0 atom stereocenters. The van der Waals surface area contributed by atoms with Crippen LogP contribution in [0.2, 0.25) is 0 Å². The Morgan fingerprint density at radius 3 is 2.75 bits per heavy atom. The van der Waals surface area contributed by atoms with Crippen molar-refractivity contribution < 1.29 is 4.92 Å². The fourth-order valence-electron chi connectivity index (χ4n) is 1.15. The molecule has 1 aromatic rings. The molecule has 1 N–H and O–H groups in total. The fraction of sp³-hybridized carbons (Fsp3) is 0. The van der Waals surface area contributed by atoms with Crippen LogP contribution in [0.25, 0.3) is 0 Å². The van der Waals surface area contributed by atoms with Gasteiger partial charge in [0.05, 0.1) is 4.92 Å². The molecule has 16 heavy (non-hydrogen) atoms. The van der Waals surface area contributed by atoms with E-state index in [9.17, 15) is 10.1 Å². The van der Waals surface area contributed by atoms with E-state index in [0.29, 0.717) is 5.69 Å². The first kappa shape index (κ1) is 11.7. The Morgan fingerprint density at radius 1 is 1.44 bits per heavy atom. The van der Waals surface area contributed by atoms with Gasteiger partial charge in [0.15, 0.2) is 0 Å². The van der Waals surface area contributed by atoms with Gasteiger partial charge in [0.2, 0.25) is 0 Å². The van der Waals surface area contributed by atoms with Gasteiger partial charge in [0, 0.05) is 23.5 Å². The molecule has 0 saturated carbocycles.